The molecule has 0 N–H and O–H groups in total. The summed E-state index contributed by atoms with van der Waals surface area (Å²) in [7, 11) is 5.82. The van der Waals surface area contributed by atoms with Gasteiger partial charge in [0.2, 0.25) is 0 Å². The van der Waals surface area contributed by atoms with E-state index in [9.17, 15) is 4.79 Å². The van der Waals surface area contributed by atoms with Crippen molar-refractivity contribution in [3.63, 3.8) is 0 Å². The van der Waals surface area contributed by atoms with Crippen LogP contribution in [0, 0.1) is 6.92 Å². The van der Waals surface area contributed by atoms with E-state index in [0.29, 0.717) is 6.54 Å². The molecule has 1 aromatic heterocycles. The first-order valence-electron chi connectivity index (χ1n) is 10.7. The molecule has 1 saturated heterocycles. The highest BCUT2D eigenvalue weighted by Gasteiger charge is 2.30. The van der Waals surface area contributed by atoms with E-state index in [1.807, 2.05) is 35.9 Å². The number of ether oxygens (including phenoxy) is 1. The molecule has 0 spiro atoms. The predicted octanol–water partition coefficient (Wildman–Crippen LogP) is 4.23. The number of aryl methyl sites for hydroxylation is 2. The number of rotatable bonds is 5. The van der Waals surface area contributed by atoms with Crippen LogP contribution in [0.2, 0.25) is 0 Å². The number of hydrogen-bond acceptors (Lipinski definition) is 3. The second kappa shape index (κ2) is 8.52. The van der Waals surface area contributed by atoms with Crippen molar-refractivity contribution in [1.29, 1.82) is 0 Å². The summed E-state index contributed by atoms with van der Waals surface area (Å²) in [5.41, 5.74) is 4.07. The van der Waals surface area contributed by atoms with E-state index in [-0.39, 0.29) is 11.9 Å². The molecule has 1 amide bonds. The Bertz CT molecular complexity index is 1050. The van der Waals surface area contributed by atoms with Gasteiger partial charge in [-0.15, -0.1) is 0 Å². The summed E-state index contributed by atoms with van der Waals surface area (Å²) >= 11 is 0. The van der Waals surface area contributed by atoms with Gasteiger partial charge >= 0.3 is 0 Å². The fraction of sp³-hybridized carbons (Fsp3) is 0.400. The van der Waals surface area contributed by atoms with E-state index in [2.05, 4.69) is 48.0 Å². The van der Waals surface area contributed by atoms with E-state index in [4.69, 9.17) is 4.74 Å². The van der Waals surface area contributed by atoms with Gasteiger partial charge in [0, 0.05) is 36.1 Å². The minimum atomic E-state index is 0.0896. The normalized spacial score (nSPS) is 15.5. The maximum absolute atomic E-state index is 13.9. The van der Waals surface area contributed by atoms with E-state index < -0.39 is 0 Å². The van der Waals surface area contributed by atoms with E-state index in [1.165, 1.54) is 5.56 Å². The van der Waals surface area contributed by atoms with Gasteiger partial charge in [0.05, 0.1) is 7.11 Å². The summed E-state index contributed by atoms with van der Waals surface area (Å²) in [5.74, 6) is 0.919. The average molecular weight is 406 g/mol. The number of para-hydroxylation sites is 1. The van der Waals surface area contributed by atoms with Crippen molar-refractivity contribution in [2.45, 2.75) is 32.4 Å². The van der Waals surface area contributed by atoms with E-state index in [1.54, 1.807) is 7.11 Å². The summed E-state index contributed by atoms with van der Waals surface area (Å²) in [6, 6.07) is 16.6. The number of likely N-dealkylation sites (tertiary alicyclic amines) is 1. The third-order valence-corrected chi connectivity index (χ3v) is 6.34. The Balaban J connectivity index is 1.71. The van der Waals surface area contributed by atoms with Crippen LogP contribution in [0.1, 0.15) is 34.5 Å². The Hall–Kier alpha value is -2.79. The van der Waals surface area contributed by atoms with Crippen molar-refractivity contribution in [3.8, 4) is 5.75 Å². The molecule has 0 bridgehead atoms. The molecular formula is C25H31N3O2. The number of aromatic nitrogens is 1. The second-order valence-electron chi connectivity index (χ2n) is 8.43. The lowest BCUT2D eigenvalue weighted by Crippen LogP contribution is -2.46. The molecule has 5 heteroatoms. The Morgan fingerprint density at radius 2 is 1.83 bits per heavy atom. The predicted molar refractivity (Wildman–Crippen MR) is 121 cm³/mol. The van der Waals surface area contributed by atoms with Crippen LogP contribution in [-0.4, -0.2) is 53.6 Å². The van der Waals surface area contributed by atoms with Crippen molar-refractivity contribution >= 4 is 16.8 Å². The minimum Gasteiger partial charge on any atom is -0.496 e. The lowest BCUT2D eigenvalue weighted by atomic mass is 10.0. The number of carbonyl (C=O) groups excluding carboxylic acids is 1. The zero-order valence-electron chi connectivity index (χ0n) is 18.4. The number of fused-ring (bicyclic) bond motifs is 1. The highest BCUT2D eigenvalue weighted by molar-refractivity contribution is 5.99. The van der Waals surface area contributed by atoms with Crippen LogP contribution in [0.3, 0.4) is 0 Å². The maximum atomic E-state index is 13.9. The Morgan fingerprint density at radius 3 is 2.57 bits per heavy atom. The van der Waals surface area contributed by atoms with Crippen molar-refractivity contribution in [3.05, 3.63) is 65.4 Å². The monoisotopic (exact) mass is 405 g/mol. The molecule has 3 aromatic rings. The number of nitrogens with zero attached hydrogens (tertiary/aromatic N) is 3. The standard InChI is InChI=1S/C25H31N3O2/c1-18-9-10-22-20(15-18)16-23(27(22)3)25(29)28(21-11-13-26(2)14-12-21)17-19-7-5-6-8-24(19)30-4/h5-10,15-16,21H,11-14,17H2,1-4H3. The molecule has 1 fully saturated rings. The maximum Gasteiger partial charge on any atom is 0.271 e. The van der Waals surface area contributed by atoms with Crippen LogP contribution in [0.5, 0.6) is 5.75 Å². The van der Waals surface area contributed by atoms with Crippen molar-refractivity contribution in [1.82, 2.24) is 14.4 Å². The quantitative estimate of drug-likeness (QED) is 0.637. The highest BCUT2D eigenvalue weighted by atomic mass is 16.5. The van der Waals surface area contributed by atoms with Crippen LogP contribution < -0.4 is 4.74 Å². The highest BCUT2D eigenvalue weighted by Crippen LogP contribution is 2.27. The number of carbonyl (C=O) groups is 1. The summed E-state index contributed by atoms with van der Waals surface area (Å²) in [6.45, 7) is 4.65. The molecule has 5 nitrogen and oxygen atoms in total. The SMILES string of the molecule is COc1ccccc1CN(C(=O)c1cc2cc(C)ccc2n1C)C1CCN(C)CC1. The van der Waals surface area contributed by atoms with Crippen LogP contribution >= 0.6 is 0 Å². The fourth-order valence-corrected chi connectivity index (χ4v) is 4.51. The molecule has 0 unspecified atom stereocenters. The van der Waals surface area contributed by atoms with Crippen LogP contribution in [0.4, 0.5) is 0 Å². The lowest BCUT2D eigenvalue weighted by molar-refractivity contribution is 0.0558. The molecule has 0 saturated carbocycles. The minimum absolute atomic E-state index is 0.0896. The van der Waals surface area contributed by atoms with E-state index in [0.717, 1.165) is 53.8 Å². The number of benzene rings is 2. The first-order valence-corrected chi connectivity index (χ1v) is 10.7. The topological polar surface area (TPSA) is 37.7 Å². The van der Waals surface area contributed by atoms with Gasteiger partial charge in [0.1, 0.15) is 11.4 Å². The Morgan fingerprint density at radius 1 is 1.10 bits per heavy atom. The zero-order chi connectivity index (χ0) is 21.3. The van der Waals surface area contributed by atoms with Gasteiger partial charge in [-0.25, -0.2) is 0 Å². The first kappa shape index (κ1) is 20.5. The summed E-state index contributed by atoms with van der Waals surface area (Å²) in [6.07, 6.45) is 1.97. The number of methoxy groups -OCH3 is 1. The van der Waals surface area contributed by atoms with Gasteiger partial charge in [0.15, 0.2) is 0 Å². The average Bonchev–Trinajstić information content (AvgIpc) is 3.08. The summed E-state index contributed by atoms with van der Waals surface area (Å²) < 4.78 is 7.60. The second-order valence-corrected chi connectivity index (χ2v) is 8.43. The van der Waals surface area contributed by atoms with Crippen molar-refractivity contribution in [2.75, 3.05) is 27.2 Å². The smallest absolute Gasteiger partial charge is 0.271 e. The van der Waals surface area contributed by atoms with Crippen LogP contribution in [0.15, 0.2) is 48.5 Å². The molecular weight excluding hydrogens is 374 g/mol. The van der Waals surface area contributed by atoms with Gasteiger partial charge in [-0.1, -0.05) is 29.8 Å². The molecule has 4 rings (SSSR count). The van der Waals surface area contributed by atoms with Gasteiger partial charge in [-0.2, -0.15) is 0 Å². The fourth-order valence-electron chi connectivity index (χ4n) is 4.51. The van der Waals surface area contributed by atoms with Crippen LogP contribution in [0.25, 0.3) is 10.9 Å². The Kier molecular flexibility index (Phi) is 5.82. The third kappa shape index (κ3) is 3.94. The molecule has 1 aliphatic rings. The number of hydrogen-bond donors (Lipinski definition) is 0. The van der Waals surface area contributed by atoms with Crippen molar-refractivity contribution in [2.24, 2.45) is 7.05 Å². The van der Waals surface area contributed by atoms with Gasteiger partial charge in [0.25, 0.3) is 5.91 Å². The molecule has 30 heavy (non-hydrogen) atoms. The van der Waals surface area contributed by atoms with Gasteiger partial charge in [-0.3, -0.25) is 4.79 Å². The molecule has 0 radical (unpaired) electrons. The Labute approximate surface area is 178 Å². The van der Waals surface area contributed by atoms with Gasteiger partial charge < -0.3 is 19.1 Å². The number of piperidine rings is 1. The number of amides is 1. The first-order chi connectivity index (χ1) is 14.5. The lowest BCUT2D eigenvalue weighted by Gasteiger charge is -2.37. The van der Waals surface area contributed by atoms with Crippen molar-refractivity contribution < 1.29 is 9.53 Å². The molecule has 2 aromatic carbocycles. The van der Waals surface area contributed by atoms with Crippen LogP contribution in [-0.2, 0) is 13.6 Å². The largest absolute Gasteiger partial charge is 0.496 e. The van der Waals surface area contributed by atoms with E-state index >= 15 is 0 Å². The van der Waals surface area contributed by atoms with Gasteiger partial charge in [-0.05, 0) is 64.2 Å². The molecule has 0 aliphatic carbocycles. The third-order valence-electron chi connectivity index (χ3n) is 6.34. The molecule has 1 aliphatic heterocycles. The molecule has 0 atom stereocenters. The summed E-state index contributed by atoms with van der Waals surface area (Å²) in [4.78, 5) is 18.3. The zero-order valence-corrected chi connectivity index (χ0v) is 18.4. The summed E-state index contributed by atoms with van der Waals surface area (Å²) in [5, 5.41) is 1.11. The molecule has 2 heterocycles. The molecule has 158 valence electrons.